The summed E-state index contributed by atoms with van der Waals surface area (Å²) >= 11 is 0. The topological polar surface area (TPSA) is 20.2 Å². The van der Waals surface area contributed by atoms with Gasteiger partial charge in [0.15, 0.2) is 0 Å². The van der Waals surface area contributed by atoms with E-state index in [9.17, 15) is 5.11 Å². The zero-order valence-corrected chi connectivity index (χ0v) is 8.50. The quantitative estimate of drug-likeness (QED) is 0.662. The minimum absolute atomic E-state index is 0.104. The highest BCUT2D eigenvalue weighted by Crippen LogP contribution is 2.50. The van der Waals surface area contributed by atoms with E-state index in [2.05, 4.69) is 6.58 Å². The number of aliphatic hydroxyl groups is 1. The van der Waals surface area contributed by atoms with Crippen LogP contribution in [0.4, 0.5) is 0 Å². The van der Waals surface area contributed by atoms with Crippen molar-refractivity contribution < 1.29 is 5.11 Å². The van der Waals surface area contributed by atoms with Crippen molar-refractivity contribution in [3.05, 3.63) is 12.2 Å². The van der Waals surface area contributed by atoms with Gasteiger partial charge in [0, 0.05) is 0 Å². The zero-order valence-electron chi connectivity index (χ0n) is 8.50. The third kappa shape index (κ3) is 1.80. The van der Waals surface area contributed by atoms with E-state index in [0.29, 0.717) is 5.92 Å². The van der Waals surface area contributed by atoms with Crippen LogP contribution >= 0.6 is 0 Å². The van der Waals surface area contributed by atoms with Crippen molar-refractivity contribution in [2.75, 3.05) is 0 Å². The van der Waals surface area contributed by atoms with Gasteiger partial charge >= 0.3 is 0 Å². The monoisotopic (exact) mass is 180 g/mol. The van der Waals surface area contributed by atoms with Crippen LogP contribution in [-0.2, 0) is 0 Å². The molecule has 2 fully saturated rings. The summed E-state index contributed by atoms with van der Waals surface area (Å²) in [5, 5.41) is 9.98. The van der Waals surface area contributed by atoms with Gasteiger partial charge in [0.2, 0.25) is 0 Å². The number of hydrogen-bond acceptors (Lipinski definition) is 1. The number of hydrogen-bond donors (Lipinski definition) is 1. The molecule has 2 saturated carbocycles. The first kappa shape index (κ1) is 9.26. The van der Waals surface area contributed by atoms with Gasteiger partial charge in [-0.25, -0.2) is 0 Å². The smallest absolute Gasteiger partial charge is 0.0608 e. The second-order valence-corrected chi connectivity index (χ2v) is 5.07. The molecule has 0 amide bonds. The largest absolute Gasteiger partial charge is 0.392 e. The van der Waals surface area contributed by atoms with Crippen molar-refractivity contribution in [1.82, 2.24) is 0 Å². The van der Waals surface area contributed by atoms with Crippen LogP contribution < -0.4 is 0 Å². The maximum atomic E-state index is 9.98. The normalized spacial score (nSPS) is 39.4. The molecule has 1 nitrogen and oxygen atoms in total. The van der Waals surface area contributed by atoms with E-state index >= 15 is 0 Å². The standard InChI is InChI=1S/C12H20O/c1-8(2)5-12(13)11-7-9-3-4-10(11)6-9/h9-13H,1,3-7H2,2H3. The highest BCUT2D eigenvalue weighted by molar-refractivity contribution is 4.98. The molecule has 2 aliphatic rings. The molecule has 2 bridgehead atoms. The predicted octanol–water partition coefficient (Wildman–Crippen LogP) is 2.75. The SMILES string of the molecule is C=C(C)CC(O)C1CC2CCC1C2. The molecule has 74 valence electrons. The molecule has 2 rings (SSSR count). The van der Waals surface area contributed by atoms with Crippen molar-refractivity contribution in [3.8, 4) is 0 Å². The highest BCUT2D eigenvalue weighted by Gasteiger charge is 2.42. The Morgan fingerprint density at radius 2 is 2.23 bits per heavy atom. The number of aliphatic hydroxyl groups excluding tert-OH is 1. The second kappa shape index (κ2) is 3.45. The van der Waals surface area contributed by atoms with Crippen LogP contribution in [0.3, 0.4) is 0 Å². The summed E-state index contributed by atoms with van der Waals surface area (Å²) < 4.78 is 0. The first-order valence-electron chi connectivity index (χ1n) is 5.49. The molecule has 0 saturated heterocycles. The molecule has 4 unspecified atom stereocenters. The molecule has 0 aliphatic heterocycles. The maximum Gasteiger partial charge on any atom is 0.0608 e. The van der Waals surface area contributed by atoms with Gasteiger partial charge in [-0.3, -0.25) is 0 Å². The molecule has 13 heavy (non-hydrogen) atoms. The second-order valence-electron chi connectivity index (χ2n) is 5.07. The van der Waals surface area contributed by atoms with Gasteiger partial charge in [0.05, 0.1) is 6.10 Å². The van der Waals surface area contributed by atoms with Gasteiger partial charge in [-0.15, -0.1) is 6.58 Å². The summed E-state index contributed by atoms with van der Waals surface area (Å²) in [7, 11) is 0. The molecule has 2 aliphatic carbocycles. The summed E-state index contributed by atoms with van der Waals surface area (Å²) in [5.41, 5.74) is 1.12. The van der Waals surface area contributed by atoms with Crippen LogP contribution in [0, 0.1) is 17.8 Å². The molecule has 4 atom stereocenters. The average molecular weight is 180 g/mol. The summed E-state index contributed by atoms with van der Waals surface area (Å²) in [6.07, 6.45) is 6.15. The van der Waals surface area contributed by atoms with Crippen LogP contribution in [0.25, 0.3) is 0 Å². The predicted molar refractivity (Wildman–Crippen MR) is 54.4 cm³/mol. The van der Waals surface area contributed by atoms with Crippen LogP contribution in [0.1, 0.15) is 39.0 Å². The van der Waals surface area contributed by atoms with Crippen LogP contribution in [0.2, 0.25) is 0 Å². The van der Waals surface area contributed by atoms with E-state index < -0.39 is 0 Å². The molecule has 1 N–H and O–H groups in total. The van der Waals surface area contributed by atoms with E-state index in [-0.39, 0.29) is 6.10 Å². The Morgan fingerprint density at radius 1 is 1.46 bits per heavy atom. The lowest BCUT2D eigenvalue weighted by Gasteiger charge is -2.26. The Morgan fingerprint density at radius 3 is 2.69 bits per heavy atom. The summed E-state index contributed by atoms with van der Waals surface area (Å²) in [6.45, 7) is 5.88. The molecule has 0 aromatic heterocycles. The van der Waals surface area contributed by atoms with E-state index in [0.717, 1.165) is 23.8 Å². The van der Waals surface area contributed by atoms with Crippen molar-refractivity contribution in [1.29, 1.82) is 0 Å². The Labute approximate surface area is 80.8 Å². The van der Waals surface area contributed by atoms with Gasteiger partial charge in [0.25, 0.3) is 0 Å². The number of rotatable bonds is 3. The van der Waals surface area contributed by atoms with Crippen molar-refractivity contribution >= 4 is 0 Å². The van der Waals surface area contributed by atoms with Crippen molar-refractivity contribution in [2.24, 2.45) is 17.8 Å². The van der Waals surface area contributed by atoms with Gasteiger partial charge in [-0.1, -0.05) is 12.0 Å². The lowest BCUT2D eigenvalue weighted by molar-refractivity contribution is 0.0752. The van der Waals surface area contributed by atoms with Crippen molar-refractivity contribution in [2.45, 2.75) is 45.1 Å². The molecular formula is C12H20O. The summed E-state index contributed by atoms with van der Waals surface area (Å²) in [6, 6.07) is 0. The fourth-order valence-electron chi connectivity index (χ4n) is 3.27. The van der Waals surface area contributed by atoms with E-state index in [1.807, 2.05) is 6.92 Å². The van der Waals surface area contributed by atoms with Crippen molar-refractivity contribution in [3.63, 3.8) is 0 Å². The molecule has 0 aromatic rings. The van der Waals surface area contributed by atoms with E-state index in [1.54, 1.807) is 0 Å². The minimum atomic E-state index is -0.104. The van der Waals surface area contributed by atoms with Crippen LogP contribution in [0.15, 0.2) is 12.2 Å². The van der Waals surface area contributed by atoms with Gasteiger partial charge in [0.1, 0.15) is 0 Å². The third-order valence-electron chi connectivity index (χ3n) is 3.84. The zero-order chi connectivity index (χ0) is 9.42. The Kier molecular flexibility index (Phi) is 2.46. The van der Waals surface area contributed by atoms with E-state index in [4.69, 9.17) is 0 Å². The summed E-state index contributed by atoms with van der Waals surface area (Å²) in [5.74, 6) is 2.37. The third-order valence-corrected chi connectivity index (χ3v) is 3.84. The lowest BCUT2D eigenvalue weighted by atomic mass is 9.83. The Balaban J connectivity index is 1.91. The van der Waals surface area contributed by atoms with Gasteiger partial charge in [-0.2, -0.15) is 0 Å². The molecule has 0 aromatic carbocycles. The molecule has 0 radical (unpaired) electrons. The lowest BCUT2D eigenvalue weighted by Crippen LogP contribution is -2.25. The molecular weight excluding hydrogens is 160 g/mol. The molecule has 1 heteroatoms. The van der Waals surface area contributed by atoms with Gasteiger partial charge in [-0.05, 0) is 50.4 Å². The first-order chi connectivity index (χ1) is 6.16. The fraction of sp³-hybridized carbons (Fsp3) is 0.833. The van der Waals surface area contributed by atoms with E-state index in [1.165, 1.54) is 25.7 Å². The fourth-order valence-corrected chi connectivity index (χ4v) is 3.27. The summed E-state index contributed by atoms with van der Waals surface area (Å²) in [4.78, 5) is 0. The van der Waals surface area contributed by atoms with Crippen LogP contribution in [-0.4, -0.2) is 11.2 Å². The van der Waals surface area contributed by atoms with Gasteiger partial charge < -0.3 is 5.11 Å². The molecule has 0 heterocycles. The Hall–Kier alpha value is -0.300. The highest BCUT2D eigenvalue weighted by atomic mass is 16.3. The average Bonchev–Trinajstić information content (AvgIpc) is 2.62. The minimum Gasteiger partial charge on any atom is -0.392 e. The first-order valence-corrected chi connectivity index (χ1v) is 5.49. The molecule has 0 spiro atoms. The Bertz CT molecular complexity index is 209. The maximum absolute atomic E-state index is 9.98. The van der Waals surface area contributed by atoms with Crippen LogP contribution in [0.5, 0.6) is 0 Å². The number of fused-ring (bicyclic) bond motifs is 2.